The van der Waals surface area contributed by atoms with Gasteiger partial charge in [0.2, 0.25) is 0 Å². The van der Waals surface area contributed by atoms with Gasteiger partial charge in [0.15, 0.2) is 16.7 Å². The lowest BCUT2D eigenvalue weighted by Crippen LogP contribution is -2.36. The molecule has 0 fully saturated rings. The molecule has 9 heteroatoms. The van der Waals surface area contributed by atoms with Crippen LogP contribution in [0.3, 0.4) is 0 Å². The molecular formula is C20H21ClN4O4. The van der Waals surface area contributed by atoms with Crippen molar-refractivity contribution in [3.8, 4) is 0 Å². The van der Waals surface area contributed by atoms with Gasteiger partial charge in [-0.1, -0.05) is 41.9 Å². The Morgan fingerprint density at radius 3 is 2.52 bits per heavy atom. The van der Waals surface area contributed by atoms with E-state index in [-0.39, 0.29) is 18.3 Å². The molecule has 3 rings (SSSR count). The van der Waals surface area contributed by atoms with Gasteiger partial charge in [-0.05, 0) is 26.3 Å². The summed E-state index contributed by atoms with van der Waals surface area (Å²) in [5.41, 5.74) is 0.859. The second-order valence-electron chi connectivity index (χ2n) is 7.41. The average Bonchev–Trinajstić information content (AvgIpc) is 3.08. The van der Waals surface area contributed by atoms with Crippen LogP contribution in [0.25, 0.3) is 11.2 Å². The summed E-state index contributed by atoms with van der Waals surface area (Å²) < 4.78 is 12.4. The molecule has 29 heavy (non-hydrogen) atoms. The predicted octanol–water partition coefficient (Wildman–Crippen LogP) is 3.18. The highest BCUT2D eigenvalue weighted by atomic mass is 35.5. The van der Waals surface area contributed by atoms with E-state index in [1.807, 2.05) is 30.3 Å². The van der Waals surface area contributed by atoms with Crippen molar-refractivity contribution in [2.45, 2.75) is 39.5 Å². The number of hydrogen-bond donors (Lipinski definition) is 0. The zero-order chi connectivity index (χ0) is 21.0. The minimum atomic E-state index is -1.19. The van der Waals surface area contributed by atoms with E-state index in [1.54, 1.807) is 25.3 Å². The third-order valence-electron chi connectivity index (χ3n) is 3.94. The Labute approximate surface area is 172 Å². The molecule has 0 amide bonds. The number of benzene rings is 1. The Hall–Kier alpha value is -3.00. The van der Waals surface area contributed by atoms with Crippen molar-refractivity contribution in [2.75, 3.05) is 0 Å². The van der Waals surface area contributed by atoms with E-state index >= 15 is 0 Å². The molecule has 0 N–H and O–H groups in total. The summed E-state index contributed by atoms with van der Waals surface area (Å²) in [6, 6.07) is 9.22. The summed E-state index contributed by atoms with van der Waals surface area (Å²) in [5, 5.41) is 0.189. The first-order chi connectivity index (χ1) is 13.7. The lowest BCUT2D eigenvalue weighted by atomic mass is 10.1. The minimum absolute atomic E-state index is 0.0492. The maximum atomic E-state index is 12.8. The molecule has 8 nitrogen and oxygen atoms in total. The number of nitrogens with zero attached hydrogens (tertiary/aromatic N) is 4. The van der Waals surface area contributed by atoms with Crippen LogP contribution in [0.15, 0.2) is 43.0 Å². The fourth-order valence-corrected chi connectivity index (χ4v) is 2.81. The SMILES string of the molecule is CC(C)(C)OC(=O)[C@@H](Cn1cnc2c(Cl)ncnc21)C(=O)OCc1ccccc1. The van der Waals surface area contributed by atoms with Crippen LogP contribution < -0.4 is 0 Å². The van der Waals surface area contributed by atoms with E-state index in [4.69, 9.17) is 21.1 Å². The van der Waals surface area contributed by atoms with Gasteiger partial charge in [-0.2, -0.15) is 0 Å². The first-order valence-electron chi connectivity index (χ1n) is 8.99. The van der Waals surface area contributed by atoms with Crippen molar-refractivity contribution in [3.63, 3.8) is 0 Å². The summed E-state index contributed by atoms with van der Waals surface area (Å²) in [4.78, 5) is 37.7. The molecule has 0 aliphatic heterocycles. The summed E-state index contributed by atoms with van der Waals surface area (Å²) in [6.45, 7) is 5.20. The number of rotatable bonds is 6. The van der Waals surface area contributed by atoms with Crippen molar-refractivity contribution in [2.24, 2.45) is 5.92 Å². The zero-order valence-corrected chi connectivity index (χ0v) is 17.1. The van der Waals surface area contributed by atoms with Gasteiger partial charge < -0.3 is 14.0 Å². The number of ether oxygens (including phenoxy) is 2. The maximum Gasteiger partial charge on any atom is 0.322 e. The fourth-order valence-electron chi connectivity index (χ4n) is 2.63. The standard InChI is InChI=1S/C20H21ClN4O4/c1-20(2,3)29-19(27)14(18(26)28-10-13-7-5-4-6-8-13)9-25-12-24-15-16(21)22-11-23-17(15)25/h4-8,11-12,14H,9-10H2,1-3H3/t14-/m0/s1. The van der Waals surface area contributed by atoms with Crippen molar-refractivity contribution in [3.05, 3.63) is 53.7 Å². The molecule has 0 radical (unpaired) electrons. The normalized spacial score (nSPS) is 12.6. The first-order valence-corrected chi connectivity index (χ1v) is 9.37. The molecule has 1 aromatic carbocycles. The first kappa shape index (κ1) is 20.7. The van der Waals surface area contributed by atoms with Crippen LogP contribution >= 0.6 is 11.6 Å². The van der Waals surface area contributed by atoms with Gasteiger partial charge in [-0.15, -0.1) is 0 Å². The molecule has 0 aliphatic rings. The smallest absolute Gasteiger partial charge is 0.322 e. The topological polar surface area (TPSA) is 96.2 Å². The van der Waals surface area contributed by atoms with E-state index in [1.165, 1.54) is 12.7 Å². The van der Waals surface area contributed by atoms with Crippen LogP contribution in [0, 0.1) is 5.92 Å². The molecular weight excluding hydrogens is 396 g/mol. The molecule has 2 aromatic heterocycles. The molecule has 0 saturated carbocycles. The number of imidazole rings is 1. The number of fused-ring (bicyclic) bond motifs is 1. The van der Waals surface area contributed by atoms with Crippen molar-refractivity contribution < 1.29 is 19.1 Å². The van der Waals surface area contributed by atoms with Crippen molar-refractivity contribution in [1.29, 1.82) is 0 Å². The second-order valence-corrected chi connectivity index (χ2v) is 7.77. The van der Waals surface area contributed by atoms with Gasteiger partial charge >= 0.3 is 11.9 Å². The monoisotopic (exact) mass is 416 g/mol. The lowest BCUT2D eigenvalue weighted by Gasteiger charge is -2.23. The Balaban J connectivity index is 1.82. The van der Waals surface area contributed by atoms with E-state index in [2.05, 4.69) is 15.0 Å². The number of aromatic nitrogens is 4. The summed E-state index contributed by atoms with van der Waals surface area (Å²) in [5.74, 6) is -2.56. The number of halogens is 1. The van der Waals surface area contributed by atoms with Crippen LogP contribution in [0.4, 0.5) is 0 Å². The van der Waals surface area contributed by atoms with Crippen LogP contribution in [0.2, 0.25) is 5.15 Å². The number of carbonyl (C=O) groups is 2. The van der Waals surface area contributed by atoms with Crippen LogP contribution in [-0.2, 0) is 32.2 Å². The largest absolute Gasteiger partial charge is 0.460 e. The Bertz CT molecular complexity index is 1010. The number of esters is 2. The van der Waals surface area contributed by atoms with Gasteiger partial charge in [0.1, 0.15) is 24.1 Å². The minimum Gasteiger partial charge on any atom is -0.460 e. The summed E-state index contributed by atoms with van der Waals surface area (Å²) in [6.07, 6.45) is 2.74. The molecule has 152 valence electrons. The van der Waals surface area contributed by atoms with E-state index in [0.717, 1.165) is 5.56 Å². The Morgan fingerprint density at radius 1 is 1.10 bits per heavy atom. The molecule has 0 aliphatic carbocycles. The van der Waals surface area contributed by atoms with E-state index in [0.29, 0.717) is 11.2 Å². The van der Waals surface area contributed by atoms with Gasteiger partial charge in [0.05, 0.1) is 6.33 Å². The lowest BCUT2D eigenvalue weighted by molar-refractivity contribution is -0.170. The average molecular weight is 417 g/mol. The van der Waals surface area contributed by atoms with Crippen LogP contribution in [0.1, 0.15) is 26.3 Å². The molecule has 0 saturated heterocycles. The number of hydrogen-bond acceptors (Lipinski definition) is 7. The summed E-state index contributed by atoms with van der Waals surface area (Å²) in [7, 11) is 0. The van der Waals surface area contributed by atoms with Crippen molar-refractivity contribution >= 4 is 34.7 Å². The molecule has 0 spiro atoms. The third-order valence-corrected chi connectivity index (χ3v) is 4.21. The maximum absolute atomic E-state index is 12.8. The van der Waals surface area contributed by atoms with Gasteiger partial charge in [-0.25, -0.2) is 15.0 Å². The quantitative estimate of drug-likeness (QED) is 0.346. The number of carbonyl (C=O) groups excluding carboxylic acids is 2. The van der Waals surface area contributed by atoms with Gasteiger partial charge in [0.25, 0.3) is 0 Å². The highest BCUT2D eigenvalue weighted by Gasteiger charge is 2.33. The van der Waals surface area contributed by atoms with E-state index < -0.39 is 23.5 Å². The predicted molar refractivity (Wildman–Crippen MR) is 106 cm³/mol. The van der Waals surface area contributed by atoms with Crippen molar-refractivity contribution in [1.82, 2.24) is 19.5 Å². The molecule has 1 atom stereocenters. The molecule has 2 heterocycles. The van der Waals surface area contributed by atoms with Crippen LogP contribution in [0.5, 0.6) is 0 Å². The van der Waals surface area contributed by atoms with Gasteiger partial charge in [-0.3, -0.25) is 9.59 Å². The van der Waals surface area contributed by atoms with Gasteiger partial charge in [0, 0.05) is 6.54 Å². The summed E-state index contributed by atoms with van der Waals surface area (Å²) >= 11 is 6.03. The second kappa shape index (κ2) is 8.57. The highest BCUT2D eigenvalue weighted by Crippen LogP contribution is 2.20. The van der Waals surface area contributed by atoms with E-state index in [9.17, 15) is 9.59 Å². The zero-order valence-electron chi connectivity index (χ0n) is 16.3. The Morgan fingerprint density at radius 2 is 1.83 bits per heavy atom. The fraction of sp³-hybridized carbons (Fsp3) is 0.350. The third kappa shape index (κ3) is 5.29. The Kier molecular flexibility index (Phi) is 6.12. The molecule has 3 aromatic rings. The van der Waals surface area contributed by atoms with Crippen LogP contribution in [-0.4, -0.2) is 37.1 Å². The molecule has 0 bridgehead atoms. The molecule has 0 unspecified atom stereocenters. The highest BCUT2D eigenvalue weighted by molar-refractivity contribution is 6.33.